The van der Waals surface area contributed by atoms with Gasteiger partial charge in [0.1, 0.15) is 0 Å². The summed E-state index contributed by atoms with van der Waals surface area (Å²) in [6, 6.07) is 10.2. The van der Waals surface area contributed by atoms with Crippen molar-refractivity contribution in [1.82, 2.24) is 4.90 Å². The van der Waals surface area contributed by atoms with Gasteiger partial charge < -0.3 is 5.73 Å². The number of likely N-dealkylation sites (tertiary alicyclic amines) is 1. The Hall–Kier alpha value is -0.860. The maximum absolute atomic E-state index is 6.45. The molecule has 1 aromatic carbocycles. The third-order valence-electron chi connectivity index (χ3n) is 4.51. The monoisotopic (exact) mass is 260 g/mol. The molecule has 1 fully saturated rings. The molecule has 3 unspecified atom stereocenters. The average molecular weight is 260 g/mol. The number of nitrogens with zero attached hydrogens (tertiary/aromatic N) is 1. The minimum absolute atomic E-state index is 0.231. The lowest BCUT2D eigenvalue weighted by atomic mass is 9.94. The molecule has 106 valence electrons. The molecule has 1 saturated heterocycles. The van der Waals surface area contributed by atoms with E-state index in [1.165, 1.54) is 36.9 Å². The van der Waals surface area contributed by atoms with Crippen LogP contribution < -0.4 is 5.73 Å². The summed E-state index contributed by atoms with van der Waals surface area (Å²) in [7, 11) is 0. The van der Waals surface area contributed by atoms with E-state index in [-0.39, 0.29) is 6.04 Å². The fourth-order valence-corrected chi connectivity index (χ4v) is 3.42. The van der Waals surface area contributed by atoms with Crippen molar-refractivity contribution in [3.63, 3.8) is 0 Å². The van der Waals surface area contributed by atoms with Crippen LogP contribution >= 0.6 is 0 Å². The molecule has 2 N–H and O–H groups in total. The number of aryl methyl sites for hydroxylation is 1. The van der Waals surface area contributed by atoms with E-state index < -0.39 is 0 Å². The first-order valence-corrected chi connectivity index (χ1v) is 7.75. The van der Waals surface area contributed by atoms with E-state index in [2.05, 4.69) is 49.9 Å². The highest BCUT2D eigenvalue weighted by atomic mass is 15.2. The molecule has 0 aliphatic carbocycles. The van der Waals surface area contributed by atoms with Gasteiger partial charge in [-0.05, 0) is 44.7 Å². The molecule has 3 atom stereocenters. The van der Waals surface area contributed by atoms with Gasteiger partial charge in [-0.2, -0.15) is 0 Å². The molecule has 2 rings (SSSR count). The Kier molecular flexibility index (Phi) is 5.00. The van der Waals surface area contributed by atoms with Gasteiger partial charge in [0.05, 0.1) is 6.04 Å². The first kappa shape index (κ1) is 14.5. The van der Waals surface area contributed by atoms with Crippen molar-refractivity contribution in [3.8, 4) is 0 Å². The lowest BCUT2D eigenvalue weighted by Gasteiger charge is -2.36. The largest absolute Gasteiger partial charge is 0.326 e. The van der Waals surface area contributed by atoms with E-state index in [9.17, 15) is 0 Å². The summed E-state index contributed by atoms with van der Waals surface area (Å²) in [5, 5.41) is 0. The van der Waals surface area contributed by atoms with E-state index in [0.717, 1.165) is 6.42 Å². The van der Waals surface area contributed by atoms with Crippen molar-refractivity contribution in [2.75, 3.05) is 6.54 Å². The van der Waals surface area contributed by atoms with E-state index in [0.29, 0.717) is 12.1 Å². The zero-order valence-corrected chi connectivity index (χ0v) is 12.6. The Balaban J connectivity index is 2.30. The molecule has 2 nitrogen and oxygen atoms in total. The third kappa shape index (κ3) is 3.18. The quantitative estimate of drug-likeness (QED) is 0.875. The van der Waals surface area contributed by atoms with Gasteiger partial charge in [-0.1, -0.05) is 43.7 Å². The van der Waals surface area contributed by atoms with Gasteiger partial charge in [-0.25, -0.2) is 0 Å². The highest BCUT2D eigenvalue weighted by molar-refractivity contribution is 5.26. The van der Waals surface area contributed by atoms with Gasteiger partial charge in [0.2, 0.25) is 0 Å². The first-order valence-electron chi connectivity index (χ1n) is 7.75. The van der Waals surface area contributed by atoms with Crippen molar-refractivity contribution < 1.29 is 0 Å². The molecule has 1 aliphatic heterocycles. The Morgan fingerprint density at radius 2 is 2.16 bits per heavy atom. The van der Waals surface area contributed by atoms with Crippen LogP contribution in [0.2, 0.25) is 0 Å². The number of rotatable bonds is 5. The summed E-state index contributed by atoms with van der Waals surface area (Å²) in [5.41, 5.74) is 9.18. The van der Waals surface area contributed by atoms with Crippen LogP contribution in [0.25, 0.3) is 0 Å². The normalized spacial score (nSPS) is 23.5. The zero-order valence-electron chi connectivity index (χ0n) is 12.6. The molecule has 1 aliphatic rings. The number of hydrogen-bond donors (Lipinski definition) is 1. The van der Waals surface area contributed by atoms with E-state index in [4.69, 9.17) is 5.73 Å². The summed E-state index contributed by atoms with van der Waals surface area (Å²) in [6.07, 6.45) is 4.91. The fourth-order valence-electron chi connectivity index (χ4n) is 3.42. The van der Waals surface area contributed by atoms with Crippen molar-refractivity contribution in [2.24, 2.45) is 5.73 Å². The second-order valence-corrected chi connectivity index (χ2v) is 5.87. The van der Waals surface area contributed by atoms with Crippen molar-refractivity contribution in [3.05, 3.63) is 35.4 Å². The van der Waals surface area contributed by atoms with E-state index in [1.807, 2.05) is 0 Å². The zero-order chi connectivity index (χ0) is 13.8. The summed E-state index contributed by atoms with van der Waals surface area (Å²) in [5.74, 6) is 0. The Morgan fingerprint density at radius 1 is 1.37 bits per heavy atom. The maximum Gasteiger partial charge on any atom is 0.0502 e. The predicted molar refractivity (Wildman–Crippen MR) is 82.2 cm³/mol. The van der Waals surface area contributed by atoms with Crippen LogP contribution in [0.15, 0.2) is 24.3 Å². The molecule has 2 heteroatoms. The molecular formula is C17H28N2. The van der Waals surface area contributed by atoms with Crippen LogP contribution in [0.3, 0.4) is 0 Å². The van der Waals surface area contributed by atoms with Crippen LogP contribution in [0.1, 0.15) is 56.7 Å². The summed E-state index contributed by atoms with van der Waals surface area (Å²) in [4.78, 5) is 2.66. The molecule has 0 spiro atoms. The third-order valence-corrected chi connectivity index (χ3v) is 4.51. The van der Waals surface area contributed by atoms with Crippen LogP contribution in [0.4, 0.5) is 0 Å². The Morgan fingerprint density at radius 3 is 2.79 bits per heavy atom. The molecule has 19 heavy (non-hydrogen) atoms. The Bertz CT molecular complexity index is 402. The van der Waals surface area contributed by atoms with E-state index >= 15 is 0 Å². The smallest absolute Gasteiger partial charge is 0.0502 e. The average Bonchev–Trinajstić information content (AvgIpc) is 2.87. The first-order chi connectivity index (χ1) is 9.17. The fraction of sp³-hybridized carbons (Fsp3) is 0.647. The molecule has 1 heterocycles. The van der Waals surface area contributed by atoms with Gasteiger partial charge >= 0.3 is 0 Å². The maximum atomic E-state index is 6.45. The highest BCUT2D eigenvalue weighted by Crippen LogP contribution is 2.33. The predicted octanol–water partition coefficient (Wildman–Crippen LogP) is 3.65. The van der Waals surface area contributed by atoms with Crippen molar-refractivity contribution in [1.29, 1.82) is 0 Å². The van der Waals surface area contributed by atoms with E-state index in [1.54, 1.807) is 0 Å². The molecule has 0 bridgehead atoms. The molecule has 1 aromatic rings. The lowest BCUT2D eigenvalue weighted by molar-refractivity contribution is 0.150. The molecule has 0 aromatic heterocycles. The molecule has 0 radical (unpaired) electrons. The number of hydrogen-bond acceptors (Lipinski definition) is 2. The van der Waals surface area contributed by atoms with Crippen molar-refractivity contribution in [2.45, 2.75) is 64.6 Å². The molecular weight excluding hydrogens is 232 g/mol. The van der Waals surface area contributed by atoms with Gasteiger partial charge in [0, 0.05) is 12.1 Å². The molecule has 0 saturated carbocycles. The van der Waals surface area contributed by atoms with Crippen LogP contribution in [-0.2, 0) is 0 Å². The molecule has 0 amide bonds. The van der Waals surface area contributed by atoms with Crippen LogP contribution in [0, 0.1) is 6.92 Å². The minimum atomic E-state index is 0.231. The summed E-state index contributed by atoms with van der Waals surface area (Å²) >= 11 is 0. The number of nitrogens with two attached hydrogens (primary N) is 1. The van der Waals surface area contributed by atoms with Crippen LogP contribution in [0.5, 0.6) is 0 Å². The van der Waals surface area contributed by atoms with Gasteiger partial charge in [-0.3, -0.25) is 4.90 Å². The van der Waals surface area contributed by atoms with Crippen molar-refractivity contribution >= 4 is 0 Å². The SMILES string of the molecule is CCC(N)C(c1cccc(C)c1)N1CCCC1CC. The van der Waals surface area contributed by atoms with Gasteiger partial charge in [0.15, 0.2) is 0 Å². The second kappa shape index (κ2) is 6.53. The topological polar surface area (TPSA) is 29.3 Å². The minimum Gasteiger partial charge on any atom is -0.326 e. The summed E-state index contributed by atoms with van der Waals surface area (Å²) in [6.45, 7) is 7.86. The van der Waals surface area contributed by atoms with Crippen LogP contribution in [-0.4, -0.2) is 23.5 Å². The number of benzene rings is 1. The highest BCUT2D eigenvalue weighted by Gasteiger charge is 2.33. The Labute approximate surface area is 118 Å². The lowest BCUT2D eigenvalue weighted by Crippen LogP contribution is -2.43. The van der Waals surface area contributed by atoms with Gasteiger partial charge in [-0.15, -0.1) is 0 Å². The second-order valence-electron chi connectivity index (χ2n) is 5.87. The summed E-state index contributed by atoms with van der Waals surface area (Å²) < 4.78 is 0. The van der Waals surface area contributed by atoms with Gasteiger partial charge in [0.25, 0.3) is 0 Å². The standard InChI is InChI=1S/C17H28N2/c1-4-15-10-7-11-19(15)17(16(18)5-2)14-9-6-8-13(3)12-14/h6,8-9,12,15-17H,4-5,7,10-11,18H2,1-3H3.